The van der Waals surface area contributed by atoms with E-state index in [0.717, 1.165) is 11.3 Å². The summed E-state index contributed by atoms with van der Waals surface area (Å²) in [6, 6.07) is 13.5. The van der Waals surface area contributed by atoms with E-state index in [1.807, 2.05) is 63.2 Å². The normalized spacial score (nSPS) is 8.94. The molecule has 0 unspecified atom stereocenters. The topological polar surface area (TPSA) is 22.1 Å². The smallest absolute Gasteiger partial charge is 0.222 e. The minimum Gasteiger partial charge on any atom is -0.439 e. The molecule has 0 fully saturated rings. The van der Waals surface area contributed by atoms with Crippen molar-refractivity contribution in [2.45, 2.75) is 20.8 Å². The van der Waals surface area contributed by atoms with Gasteiger partial charge in [-0.1, -0.05) is 38.1 Å². The molecule has 0 amide bonds. The van der Waals surface area contributed by atoms with Gasteiger partial charge in [-0.3, -0.25) is 0 Å². The van der Waals surface area contributed by atoms with Crippen molar-refractivity contribution in [2.24, 2.45) is 0 Å². The molecule has 0 atom stereocenters. The number of ether oxygens (including phenoxy) is 1. The van der Waals surface area contributed by atoms with Gasteiger partial charge in [0.05, 0.1) is 0 Å². The maximum absolute atomic E-state index is 5.60. The first-order valence-corrected chi connectivity index (χ1v) is 5.51. The van der Waals surface area contributed by atoms with Gasteiger partial charge in [-0.2, -0.15) is 0 Å². The van der Waals surface area contributed by atoms with Gasteiger partial charge in [0, 0.05) is 11.8 Å². The fraction of sp³-hybridized carbons (Fsp3) is 0.214. The van der Waals surface area contributed by atoms with Crippen LogP contribution in [0.1, 0.15) is 19.4 Å². The average molecular weight is 215 g/mol. The van der Waals surface area contributed by atoms with E-state index in [9.17, 15) is 0 Å². The average Bonchev–Trinajstić information content (AvgIpc) is 2.36. The molecule has 0 saturated carbocycles. The molecular weight excluding hydrogens is 198 g/mol. The highest BCUT2D eigenvalue weighted by Gasteiger charge is 1.99. The Balaban J connectivity index is 0.000000606. The van der Waals surface area contributed by atoms with Crippen molar-refractivity contribution in [3.05, 3.63) is 54.2 Å². The van der Waals surface area contributed by atoms with Crippen LogP contribution < -0.4 is 4.74 Å². The number of para-hydroxylation sites is 1. The molecule has 2 nitrogen and oxygen atoms in total. The highest BCUT2D eigenvalue weighted by molar-refractivity contribution is 5.30. The van der Waals surface area contributed by atoms with Crippen LogP contribution in [-0.2, 0) is 0 Å². The fourth-order valence-corrected chi connectivity index (χ4v) is 1.18. The zero-order valence-corrected chi connectivity index (χ0v) is 9.97. The predicted molar refractivity (Wildman–Crippen MR) is 66.8 cm³/mol. The predicted octanol–water partition coefficient (Wildman–Crippen LogP) is 4.21. The molecule has 0 saturated heterocycles. The Labute approximate surface area is 96.9 Å². The summed E-state index contributed by atoms with van der Waals surface area (Å²) in [6.07, 6.45) is 1.73. The number of rotatable bonds is 2. The minimum atomic E-state index is 0.665. The van der Waals surface area contributed by atoms with Crippen LogP contribution in [0.2, 0.25) is 0 Å². The molecule has 0 N–H and O–H groups in total. The third-order valence-electron chi connectivity index (χ3n) is 1.92. The second kappa shape index (κ2) is 6.62. The molecule has 2 aromatic rings. The van der Waals surface area contributed by atoms with Crippen LogP contribution in [0.25, 0.3) is 0 Å². The van der Waals surface area contributed by atoms with E-state index in [1.165, 1.54) is 0 Å². The van der Waals surface area contributed by atoms with Crippen molar-refractivity contribution in [1.29, 1.82) is 0 Å². The molecule has 84 valence electrons. The fourth-order valence-electron chi connectivity index (χ4n) is 1.18. The SMILES string of the molecule is CC.Cc1cccnc1Oc1ccccc1. The maximum atomic E-state index is 5.60. The van der Waals surface area contributed by atoms with Crippen LogP contribution in [0, 0.1) is 6.92 Å². The summed E-state index contributed by atoms with van der Waals surface area (Å²) >= 11 is 0. The van der Waals surface area contributed by atoms with Crippen molar-refractivity contribution < 1.29 is 4.74 Å². The highest BCUT2D eigenvalue weighted by atomic mass is 16.5. The van der Waals surface area contributed by atoms with Crippen molar-refractivity contribution in [3.8, 4) is 11.6 Å². The maximum Gasteiger partial charge on any atom is 0.222 e. The zero-order chi connectivity index (χ0) is 11.8. The van der Waals surface area contributed by atoms with E-state index in [-0.39, 0.29) is 0 Å². The van der Waals surface area contributed by atoms with Gasteiger partial charge in [-0.15, -0.1) is 0 Å². The van der Waals surface area contributed by atoms with Gasteiger partial charge >= 0.3 is 0 Å². The lowest BCUT2D eigenvalue weighted by atomic mass is 10.3. The summed E-state index contributed by atoms with van der Waals surface area (Å²) < 4.78 is 5.60. The molecule has 0 aliphatic carbocycles. The van der Waals surface area contributed by atoms with Gasteiger partial charge in [0.25, 0.3) is 0 Å². The molecule has 1 heterocycles. The lowest BCUT2D eigenvalue weighted by Crippen LogP contribution is -1.89. The molecule has 0 radical (unpaired) electrons. The van der Waals surface area contributed by atoms with Crippen LogP contribution in [-0.4, -0.2) is 4.98 Å². The molecule has 0 aliphatic rings. The monoisotopic (exact) mass is 215 g/mol. The van der Waals surface area contributed by atoms with Crippen LogP contribution in [0.15, 0.2) is 48.7 Å². The Hall–Kier alpha value is -1.83. The zero-order valence-electron chi connectivity index (χ0n) is 9.97. The van der Waals surface area contributed by atoms with Crippen LogP contribution in [0.5, 0.6) is 11.6 Å². The molecule has 0 aliphatic heterocycles. The summed E-state index contributed by atoms with van der Waals surface area (Å²) in [5.74, 6) is 1.48. The Morgan fingerprint density at radius 1 is 0.938 bits per heavy atom. The Bertz CT molecular complexity index is 412. The van der Waals surface area contributed by atoms with E-state index in [2.05, 4.69) is 4.98 Å². The van der Waals surface area contributed by atoms with Crippen molar-refractivity contribution in [3.63, 3.8) is 0 Å². The van der Waals surface area contributed by atoms with Gasteiger partial charge in [0.2, 0.25) is 5.88 Å². The van der Waals surface area contributed by atoms with E-state index in [0.29, 0.717) is 5.88 Å². The number of benzene rings is 1. The minimum absolute atomic E-state index is 0.665. The van der Waals surface area contributed by atoms with Crippen molar-refractivity contribution in [2.75, 3.05) is 0 Å². The highest BCUT2D eigenvalue weighted by Crippen LogP contribution is 2.21. The summed E-state index contributed by atoms with van der Waals surface area (Å²) in [6.45, 7) is 5.98. The van der Waals surface area contributed by atoms with Crippen LogP contribution >= 0.6 is 0 Å². The van der Waals surface area contributed by atoms with Gasteiger partial charge in [0.15, 0.2) is 0 Å². The first kappa shape index (κ1) is 12.2. The van der Waals surface area contributed by atoms with E-state index >= 15 is 0 Å². The Morgan fingerprint density at radius 2 is 1.62 bits per heavy atom. The molecule has 2 heteroatoms. The van der Waals surface area contributed by atoms with Gasteiger partial charge in [-0.25, -0.2) is 4.98 Å². The van der Waals surface area contributed by atoms with Gasteiger partial charge in [0.1, 0.15) is 5.75 Å². The van der Waals surface area contributed by atoms with E-state index in [1.54, 1.807) is 6.20 Å². The number of aromatic nitrogens is 1. The van der Waals surface area contributed by atoms with Gasteiger partial charge < -0.3 is 4.74 Å². The lowest BCUT2D eigenvalue weighted by Gasteiger charge is -2.05. The summed E-state index contributed by atoms with van der Waals surface area (Å²) in [4.78, 5) is 4.15. The number of hydrogen-bond acceptors (Lipinski definition) is 2. The number of pyridine rings is 1. The largest absolute Gasteiger partial charge is 0.439 e. The number of aryl methyl sites for hydroxylation is 1. The number of nitrogens with zero attached hydrogens (tertiary/aromatic N) is 1. The second-order valence-corrected chi connectivity index (χ2v) is 3.04. The summed E-state index contributed by atoms with van der Waals surface area (Å²) in [5, 5.41) is 0. The third-order valence-corrected chi connectivity index (χ3v) is 1.92. The quantitative estimate of drug-likeness (QED) is 0.748. The van der Waals surface area contributed by atoms with Gasteiger partial charge in [-0.05, 0) is 25.1 Å². The first-order valence-electron chi connectivity index (χ1n) is 5.51. The van der Waals surface area contributed by atoms with E-state index < -0.39 is 0 Å². The van der Waals surface area contributed by atoms with Crippen LogP contribution in [0.4, 0.5) is 0 Å². The van der Waals surface area contributed by atoms with Crippen molar-refractivity contribution >= 4 is 0 Å². The molecule has 0 spiro atoms. The van der Waals surface area contributed by atoms with E-state index in [4.69, 9.17) is 4.74 Å². The third kappa shape index (κ3) is 3.39. The van der Waals surface area contributed by atoms with Crippen LogP contribution in [0.3, 0.4) is 0 Å². The Morgan fingerprint density at radius 3 is 2.25 bits per heavy atom. The lowest BCUT2D eigenvalue weighted by molar-refractivity contribution is 0.459. The number of hydrogen-bond donors (Lipinski definition) is 0. The standard InChI is InChI=1S/C12H11NO.C2H6/c1-10-6-5-9-13-12(10)14-11-7-3-2-4-8-11;1-2/h2-9H,1H3;1-2H3. The second-order valence-electron chi connectivity index (χ2n) is 3.04. The molecule has 2 rings (SSSR count). The summed E-state index contributed by atoms with van der Waals surface area (Å²) in [7, 11) is 0. The molecular formula is C14H17NO. The molecule has 1 aromatic carbocycles. The molecule has 0 bridgehead atoms. The first-order chi connectivity index (χ1) is 7.86. The Kier molecular flexibility index (Phi) is 5.06. The molecule has 1 aromatic heterocycles. The molecule has 16 heavy (non-hydrogen) atoms. The van der Waals surface area contributed by atoms with Crippen molar-refractivity contribution in [1.82, 2.24) is 4.98 Å². The summed E-state index contributed by atoms with van der Waals surface area (Å²) in [5.41, 5.74) is 1.04.